The number of halogens is 6. The summed E-state index contributed by atoms with van der Waals surface area (Å²) in [5, 5.41) is 13.7. The van der Waals surface area contributed by atoms with Gasteiger partial charge < -0.3 is 5.11 Å². The highest BCUT2D eigenvalue weighted by atomic mass is 32.1. The SMILES string of the molecule is O=C(O)c1cnn(-c2nc(CCc3cccc(C(F)(F)F)c3)cs2)c1C(F)(F)F. The summed E-state index contributed by atoms with van der Waals surface area (Å²) in [6.45, 7) is 0. The van der Waals surface area contributed by atoms with Crippen molar-refractivity contribution in [1.82, 2.24) is 14.8 Å². The van der Waals surface area contributed by atoms with Gasteiger partial charge in [-0.1, -0.05) is 18.2 Å². The summed E-state index contributed by atoms with van der Waals surface area (Å²) >= 11 is 0.817. The summed E-state index contributed by atoms with van der Waals surface area (Å²) in [6.07, 6.45) is -8.46. The number of aromatic nitrogens is 3. The Morgan fingerprint density at radius 1 is 1.10 bits per heavy atom. The number of rotatable bonds is 5. The van der Waals surface area contributed by atoms with Crippen molar-refractivity contribution in [1.29, 1.82) is 0 Å². The highest BCUT2D eigenvalue weighted by molar-refractivity contribution is 7.12. The molecule has 0 aliphatic carbocycles. The number of aromatic carboxylic acids is 1. The summed E-state index contributed by atoms with van der Waals surface area (Å²) < 4.78 is 78.5. The fourth-order valence-electron chi connectivity index (χ4n) is 2.61. The number of carboxylic acids is 1. The van der Waals surface area contributed by atoms with Crippen LogP contribution in [0, 0.1) is 0 Å². The lowest BCUT2D eigenvalue weighted by Gasteiger charge is -2.09. The molecule has 2 heterocycles. The van der Waals surface area contributed by atoms with E-state index in [-0.39, 0.29) is 18.0 Å². The number of carboxylic acid groups (broad SMARTS) is 1. The highest BCUT2D eigenvalue weighted by Gasteiger charge is 2.41. The van der Waals surface area contributed by atoms with Crippen LogP contribution in [0.5, 0.6) is 0 Å². The molecule has 0 spiro atoms. The molecule has 0 atom stereocenters. The Kier molecular flexibility index (Phi) is 5.39. The standard InChI is InChI=1S/C17H11F6N3O2S/c18-16(19,20)10-3-1-2-9(6-10)4-5-11-8-29-15(25-11)26-13(17(21,22)23)12(7-24-26)14(27)28/h1-3,6-8H,4-5H2,(H,27,28). The molecule has 0 amide bonds. The third-order valence-electron chi connectivity index (χ3n) is 3.91. The quantitative estimate of drug-likeness (QED) is 0.582. The molecule has 0 saturated carbocycles. The van der Waals surface area contributed by atoms with Gasteiger partial charge in [-0.05, 0) is 24.5 Å². The fourth-order valence-corrected chi connectivity index (χ4v) is 3.43. The van der Waals surface area contributed by atoms with Crippen molar-refractivity contribution < 1.29 is 36.2 Å². The molecule has 0 aliphatic heterocycles. The molecule has 12 heteroatoms. The highest BCUT2D eigenvalue weighted by Crippen LogP contribution is 2.34. The van der Waals surface area contributed by atoms with Crippen LogP contribution in [0.2, 0.25) is 0 Å². The Bertz CT molecular complexity index is 1040. The maximum Gasteiger partial charge on any atom is 0.434 e. The predicted molar refractivity (Wildman–Crippen MR) is 90.0 cm³/mol. The van der Waals surface area contributed by atoms with Crippen molar-refractivity contribution in [3.63, 3.8) is 0 Å². The van der Waals surface area contributed by atoms with E-state index in [1.807, 2.05) is 0 Å². The molecule has 0 bridgehead atoms. The maximum atomic E-state index is 13.3. The largest absolute Gasteiger partial charge is 0.478 e. The molecule has 0 saturated heterocycles. The normalized spacial score (nSPS) is 12.3. The van der Waals surface area contributed by atoms with Gasteiger partial charge in [-0.2, -0.15) is 31.4 Å². The van der Waals surface area contributed by atoms with E-state index >= 15 is 0 Å². The molecular formula is C17H11F6N3O2S. The van der Waals surface area contributed by atoms with Crippen molar-refractivity contribution in [3.05, 3.63) is 63.9 Å². The number of thiazole rings is 1. The van der Waals surface area contributed by atoms with Gasteiger partial charge in [0.15, 0.2) is 5.69 Å². The number of benzene rings is 1. The number of alkyl halides is 6. The van der Waals surface area contributed by atoms with E-state index in [4.69, 9.17) is 5.11 Å². The minimum absolute atomic E-state index is 0.187. The van der Waals surface area contributed by atoms with Crippen molar-refractivity contribution in [2.45, 2.75) is 25.2 Å². The van der Waals surface area contributed by atoms with Crippen LogP contribution < -0.4 is 0 Å². The van der Waals surface area contributed by atoms with Crippen LogP contribution >= 0.6 is 11.3 Å². The minimum Gasteiger partial charge on any atom is -0.478 e. The van der Waals surface area contributed by atoms with Gasteiger partial charge in [0.05, 0.1) is 17.5 Å². The zero-order chi connectivity index (χ0) is 21.4. The molecule has 3 aromatic rings. The second-order valence-corrected chi connectivity index (χ2v) is 6.78. The first-order valence-electron chi connectivity index (χ1n) is 7.96. The number of hydrogen-bond acceptors (Lipinski definition) is 4. The monoisotopic (exact) mass is 435 g/mol. The van der Waals surface area contributed by atoms with Crippen LogP contribution in [0.15, 0.2) is 35.8 Å². The number of hydrogen-bond donors (Lipinski definition) is 1. The zero-order valence-corrected chi connectivity index (χ0v) is 15.1. The molecule has 154 valence electrons. The summed E-state index contributed by atoms with van der Waals surface area (Å²) in [7, 11) is 0. The topological polar surface area (TPSA) is 68.0 Å². The Labute approximate surface area is 163 Å². The van der Waals surface area contributed by atoms with E-state index in [2.05, 4.69) is 10.1 Å². The van der Waals surface area contributed by atoms with E-state index < -0.39 is 35.1 Å². The lowest BCUT2D eigenvalue weighted by Crippen LogP contribution is -2.17. The number of carbonyl (C=O) groups is 1. The average Bonchev–Trinajstić information content (AvgIpc) is 3.26. The van der Waals surface area contributed by atoms with Gasteiger partial charge in [-0.15, -0.1) is 11.3 Å². The van der Waals surface area contributed by atoms with Gasteiger partial charge >= 0.3 is 18.3 Å². The van der Waals surface area contributed by atoms with Gasteiger partial charge in [0.2, 0.25) is 5.13 Å². The minimum atomic E-state index is -4.96. The smallest absolute Gasteiger partial charge is 0.434 e. The van der Waals surface area contributed by atoms with Crippen LogP contribution in [0.25, 0.3) is 5.13 Å². The van der Waals surface area contributed by atoms with Crippen LogP contribution in [0.1, 0.15) is 32.9 Å². The molecule has 0 radical (unpaired) electrons. The summed E-state index contributed by atoms with van der Waals surface area (Å²) in [4.78, 5) is 15.0. The van der Waals surface area contributed by atoms with Crippen molar-refractivity contribution in [3.8, 4) is 5.13 Å². The van der Waals surface area contributed by atoms with Gasteiger partial charge in [-0.25, -0.2) is 14.5 Å². The summed E-state index contributed by atoms with van der Waals surface area (Å²) in [6, 6.07) is 4.73. The molecule has 5 nitrogen and oxygen atoms in total. The Hall–Kier alpha value is -2.89. The van der Waals surface area contributed by atoms with Gasteiger partial charge in [0.25, 0.3) is 0 Å². The van der Waals surface area contributed by atoms with Gasteiger partial charge in [0.1, 0.15) is 5.56 Å². The first kappa shape index (κ1) is 20.8. The molecule has 1 aromatic carbocycles. The fraction of sp³-hybridized carbons (Fsp3) is 0.235. The van der Waals surface area contributed by atoms with Gasteiger partial charge in [-0.3, -0.25) is 0 Å². The van der Waals surface area contributed by atoms with E-state index in [1.165, 1.54) is 17.5 Å². The summed E-state index contributed by atoms with van der Waals surface area (Å²) in [5.41, 5.74) is -2.50. The van der Waals surface area contributed by atoms with Crippen molar-refractivity contribution in [2.75, 3.05) is 0 Å². The third kappa shape index (κ3) is 4.58. The van der Waals surface area contributed by atoms with Crippen LogP contribution in [-0.2, 0) is 25.2 Å². The molecule has 29 heavy (non-hydrogen) atoms. The molecular weight excluding hydrogens is 424 g/mol. The second-order valence-electron chi connectivity index (χ2n) is 5.94. The molecule has 3 rings (SSSR count). The molecule has 2 aromatic heterocycles. The summed E-state index contributed by atoms with van der Waals surface area (Å²) in [5.74, 6) is -1.77. The average molecular weight is 435 g/mol. The Morgan fingerprint density at radius 2 is 1.83 bits per heavy atom. The number of nitrogens with zero attached hydrogens (tertiary/aromatic N) is 3. The van der Waals surface area contributed by atoms with E-state index in [0.717, 1.165) is 23.5 Å². The first-order valence-corrected chi connectivity index (χ1v) is 8.84. The predicted octanol–water partition coefficient (Wildman–Crippen LogP) is 4.85. The molecule has 0 unspecified atom stereocenters. The van der Waals surface area contributed by atoms with Gasteiger partial charge in [0, 0.05) is 5.38 Å². The van der Waals surface area contributed by atoms with Crippen molar-refractivity contribution in [2.24, 2.45) is 0 Å². The lowest BCUT2D eigenvalue weighted by molar-refractivity contribution is -0.143. The van der Waals surface area contributed by atoms with E-state index in [0.29, 0.717) is 22.1 Å². The van der Waals surface area contributed by atoms with E-state index in [1.54, 1.807) is 0 Å². The molecule has 0 fully saturated rings. The maximum absolute atomic E-state index is 13.3. The second kappa shape index (κ2) is 7.50. The lowest BCUT2D eigenvalue weighted by atomic mass is 10.1. The van der Waals surface area contributed by atoms with E-state index in [9.17, 15) is 31.1 Å². The molecule has 1 N–H and O–H groups in total. The third-order valence-corrected chi connectivity index (χ3v) is 4.78. The Balaban J connectivity index is 1.82. The van der Waals surface area contributed by atoms with Crippen molar-refractivity contribution >= 4 is 17.3 Å². The molecule has 0 aliphatic rings. The Morgan fingerprint density at radius 3 is 2.45 bits per heavy atom. The zero-order valence-electron chi connectivity index (χ0n) is 14.3. The first-order chi connectivity index (χ1) is 13.5. The van der Waals surface area contributed by atoms with Crippen LogP contribution in [0.3, 0.4) is 0 Å². The van der Waals surface area contributed by atoms with Crippen LogP contribution in [0.4, 0.5) is 26.3 Å². The number of aryl methyl sites for hydroxylation is 2. The van der Waals surface area contributed by atoms with Crippen LogP contribution in [-0.4, -0.2) is 25.8 Å².